The Hall–Kier alpha value is -0.560. The fourth-order valence-corrected chi connectivity index (χ4v) is 4.35. The summed E-state index contributed by atoms with van der Waals surface area (Å²) in [7, 11) is 0. The van der Waals surface area contributed by atoms with Crippen LogP contribution < -0.4 is 28.7 Å². The summed E-state index contributed by atoms with van der Waals surface area (Å²) in [6.45, 7) is -0.320. The van der Waals surface area contributed by atoms with E-state index >= 15 is 0 Å². The molecule has 2 aliphatic heterocycles. The van der Waals surface area contributed by atoms with Gasteiger partial charge in [0, 0.05) is 6.54 Å². The van der Waals surface area contributed by atoms with Crippen LogP contribution in [0.2, 0.25) is 0 Å². The van der Waals surface area contributed by atoms with Gasteiger partial charge in [-0.1, -0.05) is 0 Å². The van der Waals surface area contributed by atoms with Crippen LogP contribution in [0, 0.1) is 0 Å². The lowest BCUT2D eigenvalue weighted by Gasteiger charge is -2.49. The molecule has 2 saturated heterocycles. The Morgan fingerprint density at radius 2 is 1.31 bits per heavy atom. The molecular weight excluding hydrogens is 430 g/mol. The van der Waals surface area contributed by atoms with E-state index in [1.165, 1.54) is 0 Å². The molecule has 0 aromatic rings. The van der Waals surface area contributed by atoms with Crippen molar-refractivity contribution in [3.05, 3.63) is 0 Å². The van der Waals surface area contributed by atoms with Crippen LogP contribution >= 0.6 is 0 Å². The van der Waals surface area contributed by atoms with Gasteiger partial charge in [0.2, 0.25) is 0 Å². The second-order valence-corrected chi connectivity index (χ2v) is 8.72. The van der Waals surface area contributed by atoms with Gasteiger partial charge in [-0.2, -0.15) is 0 Å². The van der Waals surface area contributed by atoms with Crippen molar-refractivity contribution in [2.45, 2.75) is 98.4 Å². The molecule has 0 radical (unpaired) electrons. The molecule has 3 aliphatic rings. The van der Waals surface area contributed by atoms with Crippen molar-refractivity contribution < 1.29 is 44.5 Å². The monoisotopic (exact) mass is 467 g/mol. The molecule has 3 fully saturated rings. The van der Waals surface area contributed by atoms with Crippen molar-refractivity contribution in [1.82, 2.24) is 0 Å². The van der Waals surface area contributed by atoms with Gasteiger partial charge in [-0.15, -0.1) is 0 Å². The predicted molar refractivity (Wildman–Crippen MR) is 108 cm³/mol. The first-order valence-corrected chi connectivity index (χ1v) is 10.8. The van der Waals surface area contributed by atoms with Gasteiger partial charge in [0.05, 0.1) is 43.0 Å². The van der Waals surface area contributed by atoms with Crippen molar-refractivity contribution in [2.75, 3.05) is 13.2 Å². The highest BCUT2D eigenvalue weighted by molar-refractivity contribution is 5.05. The van der Waals surface area contributed by atoms with E-state index in [4.69, 9.17) is 47.6 Å². The van der Waals surface area contributed by atoms with E-state index in [1.54, 1.807) is 0 Å². The maximum atomic E-state index is 11.0. The van der Waals surface area contributed by atoms with Crippen LogP contribution in [0.4, 0.5) is 0 Å². The second kappa shape index (κ2) is 10.8. The zero-order chi connectivity index (χ0) is 23.7. The molecule has 1 saturated carbocycles. The van der Waals surface area contributed by atoms with Gasteiger partial charge in [0.1, 0.15) is 36.6 Å². The van der Waals surface area contributed by atoms with Crippen LogP contribution in [0.15, 0.2) is 0 Å². The molecular formula is C18H37N5O9. The van der Waals surface area contributed by atoms with Gasteiger partial charge in [-0.05, 0) is 12.8 Å². The number of rotatable bonds is 6. The van der Waals surface area contributed by atoms with Gasteiger partial charge >= 0.3 is 0 Å². The van der Waals surface area contributed by atoms with Crippen LogP contribution in [-0.2, 0) is 18.9 Å². The minimum atomic E-state index is -1.50. The third-order valence-electron chi connectivity index (χ3n) is 6.50. The molecule has 14 nitrogen and oxygen atoms in total. The third kappa shape index (κ3) is 5.08. The standard InChI is InChI=1S/C18H37N5O9/c19-3-5-1-2-6(20)17(29-5)31-15-9(22)12(26)10(23)16(14(15)28)32-18-13(27)8(21)11(25)7(4-24)30-18/h5-18,24-28H,1-4,19-23H2/t5?,6?,7?,8?,9-,10?,11-,12-,13+,14?,15?,16+,17-,18-/m0/s1. The van der Waals surface area contributed by atoms with E-state index in [2.05, 4.69) is 0 Å². The van der Waals surface area contributed by atoms with E-state index in [1.807, 2.05) is 0 Å². The van der Waals surface area contributed by atoms with E-state index < -0.39 is 86.1 Å². The molecule has 14 heteroatoms. The number of aliphatic hydroxyl groups excluding tert-OH is 5. The predicted octanol–water partition coefficient (Wildman–Crippen LogP) is -6.30. The van der Waals surface area contributed by atoms with Gasteiger partial charge < -0.3 is 73.1 Å². The first-order chi connectivity index (χ1) is 15.1. The molecule has 3 rings (SSSR count). The average molecular weight is 468 g/mol. The summed E-state index contributed by atoms with van der Waals surface area (Å²) in [6.07, 6.45) is -10.7. The Kier molecular flexibility index (Phi) is 8.79. The highest BCUT2D eigenvalue weighted by Crippen LogP contribution is 2.30. The first-order valence-electron chi connectivity index (χ1n) is 10.8. The lowest BCUT2D eigenvalue weighted by Crippen LogP contribution is -2.72. The smallest absolute Gasteiger partial charge is 0.186 e. The Balaban J connectivity index is 1.74. The topological polar surface area (TPSA) is 268 Å². The van der Waals surface area contributed by atoms with Crippen molar-refractivity contribution >= 4 is 0 Å². The van der Waals surface area contributed by atoms with Crippen LogP contribution in [0.3, 0.4) is 0 Å². The third-order valence-corrected chi connectivity index (χ3v) is 6.50. The Morgan fingerprint density at radius 1 is 0.719 bits per heavy atom. The molecule has 188 valence electrons. The summed E-state index contributed by atoms with van der Waals surface area (Å²) >= 11 is 0. The van der Waals surface area contributed by atoms with Crippen LogP contribution in [0.1, 0.15) is 12.8 Å². The summed E-state index contributed by atoms with van der Waals surface area (Å²) in [5.41, 5.74) is 29.7. The Morgan fingerprint density at radius 3 is 1.88 bits per heavy atom. The molecule has 32 heavy (non-hydrogen) atoms. The minimum absolute atomic E-state index is 0.264. The van der Waals surface area contributed by atoms with E-state index in [-0.39, 0.29) is 12.6 Å². The van der Waals surface area contributed by atoms with Gasteiger partial charge in [0.25, 0.3) is 0 Å². The Labute approximate surface area is 185 Å². The van der Waals surface area contributed by atoms with Crippen molar-refractivity contribution in [2.24, 2.45) is 28.7 Å². The first kappa shape index (κ1) is 26.1. The largest absolute Gasteiger partial charge is 0.394 e. The van der Waals surface area contributed by atoms with Crippen LogP contribution in [-0.4, -0.2) is 124 Å². The van der Waals surface area contributed by atoms with Crippen molar-refractivity contribution in [3.8, 4) is 0 Å². The summed E-state index contributed by atoms with van der Waals surface area (Å²) < 4.78 is 22.7. The second-order valence-electron chi connectivity index (χ2n) is 8.72. The fourth-order valence-electron chi connectivity index (χ4n) is 4.35. The highest BCUT2D eigenvalue weighted by Gasteiger charge is 2.53. The summed E-state index contributed by atoms with van der Waals surface area (Å²) in [6, 6.07) is -3.97. The molecule has 0 spiro atoms. The molecule has 2 heterocycles. The maximum Gasteiger partial charge on any atom is 0.186 e. The van der Waals surface area contributed by atoms with Gasteiger partial charge in [0.15, 0.2) is 12.6 Å². The lowest BCUT2D eigenvalue weighted by molar-refractivity contribution is -0.318. The summed E-state index contributed by atoms with van der Waals surface area (Å²) in [5.74, 6) is 0. The van der Waals surface area contributed by atoms with Gasteiger partial charge in [-0.3, -0.25) is 0 Å². The Bertz CT molecular complexity index is 607. The summed E-state index contributed by atoms with van der Waals surface area (Å²) in [5, 5.41) is 51.3. The normalized spacial score (nSPS) is 52.7. The van der Waals surface area contributed by atoms with E-state index in [0.717, 1.165) is 0 Å². The lowest BCUT2D eigenvalue weighted by atomic mass is 9.82. The number of ether oxygens (including phenoxy) is 4. The molecule has 7 unspecified atom stereocenters. The summed E-state index contributed by atoms with van der Waals surface area (Å²) in [4.78, 5) is 0. The number of hydrogen-bond acceptors (Lipinski definition) is 14. The van der Waals surface area contributed by atoms with Crippen molar-refractivity contribution in [1.29, 1.82) is 0 Å². The number of hydrogen-bond donors (Lipinski definition) is 10. The highest BCUT2D eigenvalue weighted by atomic mass is 16.7. The molecule has 0 amide bonds. The van der Waals surface area contributed by atoms with Crippen LogP contribution in [0.25, 0.3) is 0 Å². The fraction of sp³-hybridized carbons (Fsp3) is 1.00. The number of nitrogens with two attached hydrogens (primary N) is 5. The molecule has 15 N–H and O–H groups in total. The maximum absolute atomic E-state index is 11.0. The number of aliphatic hydroxyl groups is 5. The van der Waals surface area contributed by atoms with Crippen LogP contribution in [0.5, 0.6) is 0 Å². The molecule has 0 bridgehead atoms. The molecule has 1 aliphatic carbocycles. The quantitative estimate of drug-likeness (QED) is 0.174. The molecule has 0 aromatic heterocycles. The van der Waals surface area contributed by atoms with Crippen molar-refractivity contribution in [3.63, 3.8) is 0 Å². The zero-order valence-electron chi connectivity index (χ0n) is 17.7. The zero-order valence-corrected chi connectivity index (χ0v) is 17.7. The average Bonchev–Trinajstić information content (AvgIpc) is 2.79. The molecule has 14 atom stereocenters. The SMILES string of the molecule is NCC1CCC(N)[C@H](OC2C(O)[C@H](O[C@@H]3OC(CO)[C@H](O)C(N)[C@H]3O)C(N)[C@@H](O)[C@@H]2N)O1. The molecule has 0 aromatic carbocycles. The van der Waals surface area contributed by atoms with E-state index in [0.29, 0.717) is 12.8 Å². The van der Waals surface area contributed by atoms with Gasteiger partial charge in [-0.25, -0.2) is 0 Å². The van der Waals surface area contributed by atoms with E-state index in [9.17, 15) is 25.5 Å². The minimum Gasteiger partial charge on any atom is -0.394 e.